The van der Waals surface area contributed by atoms with Crippen LogP contribution in [0.25, 0.3) is 0 Å². The highest BCUT2D eigenvalue weighted by atomic mass is 127. The minimum Gasteiger partial charge on any atom is -0.507 e. The highest BCUT2D eigenvalue weighted by Crippen LogP contribution is 2.20. The summed E-state index contributed by atoms with van der Waals surface area (Å²) in [5.41, 5.74) is 1.49. The smallest absolute Gasteiger partial charge is 0.251 e. The van der Waals surface area contributed by atoms with Crippen LogP contribution in [0.2, 0.25) is 0 Å². The van der Waals surface area contributed by atoms with E-state index in [1.165, 1.54) is 6.07 Å². The highest BCUT2D eigenvalue weighted by Gasteiger charge is 2.08. The van der Waals surface area contributed by atoms with Gasteiger partial charge >= 0.3 is 0 Å². The Hall–Kier alpha value is -1.50. The molecule has 0 aliphatic carbocycles. The summed E-state index contributed by atoms with van der Waals surface area (Å²) < 4.78 is 2.68. The number of amides is 1. The number of nitrogens with zero attached hydrogens (tertiary/aromatic N) is 1. The molecule has 4 nitrogen and oxygen atoms in total. The molecule has 0 aliphatic heterocycles. The molecule has 0 bridgehead atoms. The summed E-state index contributed by atoms with van der Waals surface area (Å²) in [6, 6.07) is 8.77. The highest BCUT2D eigenvalue weighted by molar-refractivity contribution is 14.1. The molecule has 18 heavy (non-hydrogen) atoms. The van der Waals surface area contributed by atoms with Crippen molar-refractivity contribution in [3.05, 3.63) is 51.4 Å². The lowest BCUT2D eigenvalue weighted by Crippen LogP contribution is -2.23. The third kappa shape index (κ3) is 2.84. The summed E-state index contributed by atoms with van der Waals surface area (Å²) in [6.45, 7) is 0.467. The second kappa shape index (κ2) is 5.43. The van der Waals surface area contributed by atoms with Gasteiger partial charge in [0, 0.05) is 24.5 Å². The molecule has 1 aromatic heterocycles. The average Bonchev–Trinajstić information content (AvgIpc) is 2.75. The third-order valence-electron chi connectivity index (χ3n) is 2.69. The van der Waals surface area contributed by atoms with Crippen molar-refractivity contribution in [2.45, 2.75) is 6.54 Å². The molecule has 2 N–H and O–H groups in total. The topological polar surface area (TPSA) is 54.3 Å². The number of aromatic nitrogens is 1. The normalized spacial score (nSPS) is 10.3. The van der Waals surface area contributed by atoms with Crippen LogP contribution in [0.3, 0.4) is 0 Å². The first kappa shape index (κ1) is 12.9. The number of rotatable bonds is 3. The van der Waals surface area contributed by atoms with E-state index in [0.29, 0.717) is 12.1 Å². The van der Waals surface area contributed by atoms with Gasteiger partial charge in [-0.05, 0) is 52.9 Å². The molecule has 2 rings (SSSR count). The molecule has 5 heteroatoms. The zero-order valence-corrected chi connectivity index (χ0v) is 12.0. The van der Waals surface area contributed by atoms with Crippen LogP contribution in [0.4, 0.5) is 0 Å². The van der Waals surface area contributed by atoms with E-state index in [1.807, 2.05) is 52.5 Å². The van der Waals surface area contributed by atoms with Gasteiger partial charge in [-0.1, -0.05) is 0 Å². The van der Waals surface area contributed by atoms with Crippen LogP contribution in [0.5, 0.6) is 5.75 Å². The van der Waals surface area contributed by atoms with E-state index < -0.39 is 0 Å². The Bertz CT molecular complexity index is 578. The fraction of sp³-hybridized carbons (Fsp3) is 0.154. The zero-order chi connectivity index (χ0) is 13.1. The Kier molecular flexibility index (Phi) is 3.90. The van der Waals surface area contributed by atoms with Gasteiger partial charge in [0.05, 0.1) is 10.1 Å². The van der Waals surface area contributed by atoms with E-state index in [2.05, 4.69) is 5.32 Å². The Labute approximate surface area is 119 Å². The number of phenolic OH excluding ortho intramolecular Hbond substituents is 1. The van der Waals surface area contributed by atoms with Gasteiger partial charge in [-0.3, -0.25) is 4.79 Å². The van der Waals surface area contributed by atoms with Crippen molar-refractivity contribution >= 4 is 28.5 Å². The number of hydrogen-bond donors (Lipinski definition) is 2. The molecule has 0 unspecified atom stereocenters. The quantitative estimate of drug-likeness (QED) is 0.829. The molecule has 0 radical (unpaired) electrons. The van der Waals surface area contributed by atoms with Gasteiger partial charge in [0.1, 0.15) is 5.75 Å². The molecule has 0 spiro atoms. The molecule has 0 atom stereocenters. The van der Waals surface area contributed by atoms with Crippen molar-refractivity contribution in [2.75, 3.05) is 0 Å². The molecule has 2 aromatic rings. The minimum absolute atomic E-state index is 0.127. The second-order valence-electron chi connectivity index (χ2n) is 3.96. The molecular formula is C13H13IN2O2. The summed E-state index contributed by atoms with van der Waals surface area (Å²) in [6.07, 6.45) is 1.93. The molecule has 1 heterocycles. The standard InChI is InChI=1S/C13H13IN2O2/c1-16-6-2-3-10(16)8-15-13(18)9-4-5-11(14)12(17)7-9/h2-7,17H,8H2,1H3,(H,15,18). The Morgan fingerprint density at radius 1 is 1.44 bits per heavy atom. The van der Waals surface area contributed by atoms with Crippen LogP contribution in [0, 0.1) is 3.57 Å². The van der Waals surface area contributed by atoms with E-state index in [-0.39, 0.29) is 11.7 Å². The van der Waals surface area contributed by atoms with Crippen molar-refractivity contribution in [2.24, 2.45) is 7.05 Å². The van der Waals surface area contributed by atoms with Crippen molar-refractivity contribution in [3.63, 3.8) is 0 Å². The number of aromatic hydroxyl groups is 1. The molecule has 1 aromatic carbocycles. The Morgan fingerprint density at radius 3 is 2.83 bits per heavy atom. The Balaban J connectivity index is 2.04. The summed E-state index contributed by atoms with van der Waals surface area (Å²) >= 11 is 2.01. The van der Waals surface area contributed by atoms with Gasteiger partial charge in [0.25, 0.3) is 5.91 Å². The van der Waals surface area contributed by atoms with E-state index in [0.717, 1.165) is 9.26 Å². The lowest BCUT2D eigenvalue weighted by atomic mass is 10.2. The van der Waals surface area contributed by atoms with E-state index in [1.54, 1.807) is 12.1 Å². The van der Waals surface area contributed by atoms with Crippen molar-refractivity contribution in [3.8, 4) is 5.75 Å². The first-order valence-electron chi connectivity index (χ1n) is 5.45. The van der Waals surface area contributed by atoms with Gasteiger partial charge in [-0.25, -0.2) is 0 Å². The number of nitrogens with one attached hydrogen (secondary N) is 1. The fourth-order valence-corrected chi connectivity index (χ4v) is 1.94. The van der Waals surface area contributed by atoms with Crippen LogP contribution in [-0.4, -0.2) is 15.6 Å². The third-order valence-corrected chi connectivity index (χ3v) is 3.60. The first-order valence-corrected chi connectivity index (χ1v) is 6.52. The van der Waals surface area contributed by atoms with Crippen molar-refractivity contribution in [1.29, 1.82) is 0 Å². The summed E-state index contributed by atoms with van der Waals surface area (Å²) in [5, 5.41) is 12.4. The van der Waals surface area contributed by atoms with Crippen LogP contribution >= 0.6 is 22.6 Å². The number of halogens is 1. The zero-order valence-electron chi connectivity index (χ0n) is 9.85. The lowest BCUT2D eigenvalue weighted by Gasteiger charge is -2.07. The second-order valence-corrected chi connectivity index (χ2v) is 5.12. The molecule has 0 fully saturated rings. The molecule has 0 aliphatic rings. The van der Waals surface area contributed by atoms with Gasteiger partial charge in [-0.2, -0.15) is 0 Å². The predicted molar refractivity (Wildman–Crippen MR) is 77.4 cm³/mol. The number of carbonyl (C=O) groups excluding carboxylic acids is 1. The van der Waals surface area contributed by atoms with Crippen LogP contribution in [0.1, 0.15) is 16.1 Å². The minimum atomic E-state index is -0.192. The van der Waals surface area contributed by atoms with Crippen molar-refractivity contribution < 1.29 is 9.90 Å². The SMILES string of the molecule is Cn1cccc1CNC(=O)c1ccc(I)c(O)c1. The molecule has 0 saturated carbocycles. The van der Waals surface area contributed by atoms with Crippen LogP contribution in [0.15, 0.2) is 36.5 Å². The summed E-state index contributed by atoms with van der Waals surface area (Å²) in [4.78, 5) is 11.9. The van der Waals surface area contributed by atoms with Gasteiger partial charge in [0.2, 0.25) is 0 Å². The number of benzene rings is 1. The molecule has 0 saturated heterocycles. The van der Waals surface area contributed by atoms with E-state index in [4.69, 9.17) is 0 Å². The van der Waals surface area contributed by atoms with Gasteiger partial charge in [0.15, 0.2) is 0 Å². The van der Waals surface area contributed by atoms with Crippen LogP contribution < -0.4 is 5.32 Å². The average molecular weight is 356 g/mol. The largest absolute Gasteiger partial charge is 0.507 e. The number of aryl methyl sites for hydroxylation is 1. The molecule has 94 valence electrons. The first-order chi connectivity index (χ1) is 8.58. The maximum absolute atomic E-state index is 11.9. The molecular weight excluding hydrogens is 343 g/mol. The lowest BCUT2D eigenvalue weighted by molar-refractivity contribution is 0.0949. The molecule has 1 amide bonds. The predicted octanol–water partition coefficient (Wildman–Crippen LogP) is 2.27. The maximum Gasteiger partial charge on any atom is 0.251 e. The number of hydrogen-bond acceptors (Lipinski definition) is 2. The van der Waals surface area contributed by atoms with Gasteiger partial charge < -0.3 is 15.0 Å². The summed E-state index contributed by atoms with van der Waals surface area (Å²) in [7, 11) is 1.93. The monoisotopic (exact) mass is 356 g/mol. The van der Waals surface area contributed by atoms with Gasteiger partial charge in [-0.15, -0.1) is 0 Å². The Morgan fingerprint density at radius 2 is 2.22 bits per heavy atom. The number of phenols is 1. The fourth-order valence-electron chi connectivity index (χ4n) is 1.61. The van der Waals surface area contributed by atoms with Crippen LogP contribution in [-0.2, 0) is 13.6 Å². The van der Waals surface area contributed by atoms with E-state index in [9.17, 15) is 9.90 Å². The maximum atomic E-state index is 11.9. The van der Waals surface area contributed by atoms with E-state index >= 15 is 0 Å². The number of carbonyl (C=O) groups is 1. The summed E-state index contributed by atoms with van der Waals surface area (Å²) in [5.74, 6) is -0.0648. The van der Waals surface area contributed by atoms with Crippen molar-refractivity contribution in [1.82, 2.24) is 9.88 Å².